The molecule has 0 saturated carbocycles. The quantitative estimate of drug-likeness (QED) is 0.805. The topological polar surface area (TPSA) is 59.5 Å². The molecule has 1 aromatic rings. The van der Waals surface area contributed by atoms with Crippen LogP contribution in [0.25, 0.3) is 0 Å². The highest BCUT2D eigenvalue weighted by Gasteiger charge is 2.49. The van der Waals surface area contributed by atoms with Crippen molar-refractivity contribution in [3.8, 4) is 5.75 Å². The van der Waals surface area contributed by atoms with Crippen molar-refractivity contribution >= 4 is 9.84 Å². The minimum Gasteiger partial charge on any atom is -0.488 e. The van der Waals surface area contributed by atoms with Crippen LogP contribution in [0.15, 0.2) is 18.3 Å². The number of halogens is 3. The maximum atomic E-state index is 12.5. The van der Waals surface area contributed by atoms with Gasteiger partial charge in [-0.1, -0.05) is 0 Å². The van der Waals surface area contributed by atoms with Gasteiger partial charge in [0.05, 0.1) is 17.7 Å². The van der Waals surface area contributed by atoms with Crippen LogP contribution in [0.4, 0.5) is 13.2 Å². The highest BCUT2D eigenvalue weighted by molar-refractivity contribution is 7.92. The molecule has 25 heavy (non-hydrogen) atoms. The highest BCUT2D eigenvalue weighted by atomic mass is 32.2. The Morgan fingerprint density at radius 3 is 2.40 bits per heavy atom. The molecular formula is C16H21F3N2O3S. The first-order valence-corrected chi connectivity index (χ1v) is 10.0. The molecule has 2 aliphatic heterocycles. The zero-order valence-corrected chi connectivity index (χ0v) is 14.7. The van der Waals surface area contributed by atoms with E-state index in [1.807, 2.05) is 6.92 Å². The zero-order valence-electron chi connectivity index (χ0n) is 13.9. The Labute approximate surface area is 145 Å². The molecule has 9 heteroatoms. The van der Waals surface area contributed by atoms with Gasteiger partial charge in [0.15, 0.2) is 9.84 Å². The number of aromatic nitrogens is 1. The molecule has 0 bridgehead atoms. The van der Waals surface area contributed by atoms with E-state index < -0.39 is 21.7 Å². The molecule has 2 fully saturated rings. The largest absolute Gasteiger partial charge is 0.488 e. The molecule has 0 N–H and O–H groups in total. The molecule has 5 nitrogen and oxygen atoms in total. The van der Waals surface area contributed by atoms with E-state index in [0.717, 1.165) is 38.2 Å². The number of piperidine rings is 1. The van der Waals surface area contributed by atoms with Crippen LogP contribution in [0.3, 0.4) is 0 Å². The Bertz CT molecular complexity index is 697. The average Bonchev–Trinajstić information content (AvgIpc) is 2.47. The molecule has 1 atom stereocenters. The number of likely N-dealkylation sites (tertiary alicyclic amines) is 1. The van der Waals surface area contributed by atoms with Crippen LogP contribution in [0, 0.1) is 5.41 Å². The number of hydrogen-bond donors (Lipinski definition) is 0. The fourth-order valence-electron chi connectivity index (χ4n) is 3.64. The summed E-state index contributed by atoms with van der Waals surface area (Å²) in [6.45, 7) is 4.13. The summed E-state index contributed by atoms with van der Waals surface area (Å²) in [5.74, 6) is 0.910. The second-order valence-corrected chi connectivity index (χ2v) is 9.20. The Balaban J connectivity index is 1.46. The van der Waals surface area contributed by atoms with Crippen molar-refractivity contribution in [2.75, 3.05) is 31.1 Å². The summed E-state index contributed by atoms with van der Waals surface area (Å²) in [6, 6.07) is 2.18. The van der Waals surface area contributed by atoms with Gasteiger partial charge in [0, 0.05) is 12.0 Å². The van der Waals surface area contributed by atoms with Crippen LogP contribution in [-0.4, -0.2) is 55.5 Å². The molecule has 0 unspecified atom stereocenters. The molecule has 140 valence electrons. The van der Waals surface area contributed by atoms with Gasteiger partial charge in [0.1, 0.15) is 17.5 Å². The molecule has 0 aliphatic carbocycles. The van der Waals surface area contributed by atoms with Gasteiger partial charge in [-0.25, -0.2) is 13.4 Å². The lowest BCUT2D eigenvalue weighted by atomic mass is 9.81. The maximum absolute atomic E-state index is 12.5. The van der Waals surface area contributed by atoms with E-state index in [2.05, 4.69) is 9.88 Å². The molecule has 0 aromatic carbocycles. The third-order valence-corrected chi connectivity index (χ3v) is 6.95. The lowest BCUT2D eigenvalue weighted by Crippen LogP contribution is -2.55. The molecule has 1 spiro atoms. The second-order valence-electron chi connectivity index (χ2n) is 7.14. The second kappa shape index (κ2) is 6.42. The van der Waals surface area contributed by atoms with Crippen molar-refractivity contribution in [2.45, 2.75) is 32.0 Å². The third kappa shape index (κ3) is 4.44. The van der Waals surface area contributed by atoms with E-state index in [4.69, 9.17) is 4.74 Å². The maximum Gasteiger partial charge on any atom is 0.433 e. The number of nitrogens with zero attached hydrogens (tertiary/aromatic N) is 2. The van der Waals surface area contributed by atoms with E-state index in [1.54, 1.807) is 0 Å². The smallest absolute Gasteiger partial charge is 0.433 e. The highest BCUT2D eigenvalue weighted by Crippen LogP contribution is 2.42. The van der Waals surface area contributed by atoms with Gasteiger partial charge in [0.25, 0.3) is 0 Å². The molecule has 2 saturated heterocycles. The molecular weight excluding hydrogens is 357 g/mol. The summed E-state index contributed by atoms with van der Waals surface area (Å²) in [7, 11) is -2.82. The van der Waals surface area contributed by atoms with Gasteiger partial charge < -0.3 is 4.74 Å². The number of ether oxygens (including phenoxy) is 1. The summed E-state index contributed by atoms with van der Waals surface area (Å²) in [5, 5.41) is 0. The number of pyridine rings is 1. The fourth-order valence-corrected chi connectivity index (χ4v) is 6.00. The number of sulfone groups is 1. The van der Waals surface area contributed by atoms with Gasteiger partial charge in [-0.05, 0) is 45.0 Å². The normalized spacial score (nSPS) is 23.8. The zero-order chi connectivity index (χ0) is 18.3. The van der Waals surface area contributed by atoms with E-state index in [0.29, 0.717) is 23.8 Å². The minimum atomic E-state index is -4.46. The van der Waals surface area contributed by atoms with Gasteiger partial charge in [-0.2, -0.15) is 13.2 Å². The molecule has 0 amide bonds. The average molecular weight is 378 g/mol. The predicted octanol–water partition coefficient (Wildman–Crippen LogP) is 2.38. The SMILES string of the molecule is C[C@@H](CN1CCC2(CC1)CS(=O)(=O)C2)Oc1ccc(C(F)(F)F)nc1. The molecule has 3 heterocycles. The Morgan fingerprint density at radius 1 is 1.28 bits per heavy atom. The Kier molecular flexibility index (Phi) is 4.74. The van der Waals surface area contributed by atoms with Crippen molar-refractivity contribution in [2.24, 2.45) is 5.41 Å². The fraction of sp³-hybridized carbons (Fsp3) is 0.688. The summed E-state index contributed by atoms with van der Waals surface area (Å²) in [5.41, 5.74) is -0.971. The van der Waals surface area contributed by atoms with Crippen LogP contribution in [0.2, 0.25) is 0 Å². The summed E-state index contributed by atoms with van der Waals surface area (Å²) < 4.78 is 65.9. The molecule has 1 aromatic heterocycles. The monoisotopic (exact) mass is 378 g/mol. The van der Waals surface area contributed by atoms with Crippen LogP contribution in [0.1, 0.15) is 25.5 Å². The summed E-state index contributed by atoms with van der Waals surface area (Å²) >= 11 is 0. The van der Waals surface area contributed by atoms with Gasteiger partial charge in [0.2, 0.25) is 0 Å². The first-order chi connectivity index (χ1) is 11.6. The van der Waals surface area contributed by atoms with Crippen LogP contribution in [0.5, 0.6) is 5.75 Å². The number of hydrogen-bond acceptors (Lipinski definition) is 5. The van der Waals surface area contributed by atoms with E-state index in [1.165, 1.54) is 6.07 Å². The van der Waals surface area contributed by atoms with Gasteiger partial charge in [-0.15, -0.1) is 0 Å². The van der Waals surface area contributed by atoms with Crippen molar-refractivity contribution in [3.63, 3.8) is 0 Å². The van der Waals surface area contributed by atoms with Crippen LogP contribution in [-0.2, 0) is 16.0 Å². The lowest BCUT2D eigenvalue weighted by molar-refractivity contribution is -0.141. The van der Waals surface area contributed by atoms with Crippen molar-refractivity contribution < 1.29 is 26.3 Å². The summed E-state index contributed by atoms with van der Waals surface area (Å²) in [6.07, 6.45) is -1.84. The van der Waals surface area contributed by atoms with Crippen molar-refractivity contribution in [1.29, 1.82) is 0 Å². The van der Waals surface area contributed by atoms with E-state index in [9.17, 15) is 21.6 Å². The molecule has 0 radical (unpaired) electrons. The van der Waals surface area contributed by atoms with E-state index >= 15 is 0 Å². The molecule has 2 aliphatic rings. The van der Waals surface area contributed by atoms with Gasteiger partial charge >= 0.3 is 6.18 Å². The van der Waals surface area contributed by atoms with Crippen molar-refractivity contribution in [3.05, 3.63) is 24.0 Å². The van der Waals surface area contributed by atoms with Crippen LogP contribution < -0.4 is 4.74 Å². The Hall–Kier alpha value is -1.35. The van der Waals surface area contributed by atoms with Crippen LogP contribution >= 0.6 is 0 Å². The predicted molar refractivity (Wildman–Crippen MR) is 86.1 cm³/mol. The first-order valence-electron chi connectivity index (χ1n) is 8.20. The Morgan fingerprint density at radius 2 is 1.92 bits per heavy atom. The third-order valence-electron chi connectivity index (χ3n) is 4.85. The first kappa shape index (κ1) is 18.4. The molecule has 3 rings (SSSR count). The van der Waals surface area contributed by atoms with Crippen molar-refractivity contribution in [1.82, 2.24) is 9.88 Å². The number of alkyl halides is 3. The van der Waals surface area contributed by atoms with Gasteiger partial charge in [-0.3, -0.25) is 4.90 Å². The number of rotatable bonds is 4. The lowest BCUT2D eigenvalue weighted by Gasteiger charge is -2.47. The standard InChI is InChI=1S/C16H21F3N2O3S/c1-12(24-13-2-3-14(20-8-13)16(17,18)19)9-21-6-4-15(5-7-21)10-25(22,23)11-15/h2-3,8,12H,4-7,9-11H2,1H3/t12-/m0/s1. The minimum absolute atomic E-state index is 0.0310. The van der Waals surface area contributed by atoms with E-state index in [-0.39, 0.29) is 11.5 Å². The summed E-state index contributed by atoms with van der Waals surface area (Å²) in [4.78, 5) is 5.59.